The summed E-state index contributed by atoms with van der Waals surface area (Å²) in [5, 5.41) is 3.55. The van der Waals surface area contributed by atoms with Crippen LogP contribution in [-0.4, -0.2) is 51.3 Å². The van der Waals surface area contributed by atoms with Crippen molar-refractivity contribution in [1.29, 1.82) is 0 Å². The van der Waals surface area contributed by atoms with Gasteiger partial charge in [-0.05, 0) is 70.4 Å². The van der Waals surface area contributed by atoms with Gasteiger partial charge >= 0.3 is 0 Å². The largest absolute Gasteiger partial charge is 0.382 e. The zero-order valence-electron chi connectivity index (χ0n) is 13.6. The van der Waals surface area contributed by atoms with Gasteiger partial charge in [0.05, 0.1) is 0 Å². The third-order valence-electron chi connectivity index (χ3n) is 5.20. The fraction of sp³-hybridized carbons (Fsp3) is 1.00. The van der Waals surface area contributed by atoms with E-state index in [-0.39, 0.29) is 0 Å². The Labute approximate surface area is 125 Å². The van der Waals surface area contributed by atoms with Gasteiger partial charge in [-0.15, -0.1) is 0 Å². The summed E-state index contributed by atoms with van der Waals surface area (Å²) >= 11 is 0. The van der Waals surface area contributed by atoms with Crippen LogP contribution >= 0.6 is 0 Å². The maximum absolute atomic E-state index is 5.34. The van der Waals surface area contributed by atoms with Crippen molar-refractivity contribution >= 4 is 0 Å². The van der Waals surface area contributed by atoms with Crippen LogP contribution in [0.15, 0.2) is 0 Å². The number of unbranched alkanes of at least 4 members (excludes halogenated alkanes) is 1. The zero-order chi connectivity index (χ0) is 14.2. The zero-order valence-corrected chi connectivity index (χ0v) is 13.6. The predicted molar refractivity (Wildman–Crippen MR) is 85.0 cm³/mol. The molecule has 0 aromatic heterocycles. The topological polar surface area (TPSA) is 24.5 Å². The maximum atomic E-state index is 5.34. The van der Waals surface area contributed by atoms with Crippen LogP contribution in [0.25, 0.3) is 0 Å². The van der Waals surface area contributed by atoms with Gasteiger partial charge in [0, 0.05) is 32.8 Å². The van der Waals surface area contributed by atoms with Crippen molar-refractivity contribution in [1.82, 2.24) is 10.2 Å². The Morgan fingerprint density at radius 2 is 2.05 bits per heavy atom. The highest BCUT2D eigenvalue weighted by Crippen LogP contribution is 2.48. The van der Waals surface area contributed by atoms with E-state index < -0.39 is 0 Å². The number of nitrogens with zero attached hydrogens (tertiary/aromatic N) is 1. The SMILES string of the molecule is CCOCCCCNCCN(C)CC1CC2CCC1C2. The summed E-state index contributed by atoms with van der Waals surface area (Å²) in [5.41, 5.74) is 0. The van der Waals surface area contributed by atoms with Crippen molar-refractivity contribution in [2.75, 3.05) is 46.4 Å². The minimum Gasteiger partial charge on any atom is -0.382 e. The molecule has 3 unspecified atom stereocenters. The van der Waals surface area contributed by atoms with Crippen LogP contribution in [0.3, 0.4) is 0 Å². The summed E-state index contributed by atoms with van der Waals surface area (Å²) in [6.45, 7) is 8.61. The van der Waals surface area contributed by atoms with E-state index in [0.717, 1.165) is 44.1 Å². The standard InChI is InChI=1S/C17H34N2O/c1-3-20-11-5-4-8-18-9-10-19(2)14-17-13-15-6-7-16(17)12-15/h15-18H,3-14H2,1-2H3. The van der Waals surface area contributed by atoms with Crippen LogP contribution in [0.1, 0.15) is 45.4 Å². The molecule has 0 saturated heterocycles. The molecule has 0 heterocycles. The summed E-state index contributed by atoms with van der Waals surface area (Å²) < 4.78 is 5.34. The average Bonchev–Trinajstić information content (AvgIpc) is 3.04. The summed E-state index contributed by atoms with van der Waals surface area (Å²) in [4.78, 5) is 2.54. The van der Waals surface area contributed by atoms with Crippen molar-refractivity contribution in [3.63, 3.8) is 0 Å². The smallest absolute Gasteiger partial charge is 0.0466 e. The van der Waals surface area contributed by atoms with Crippen molar-refractivity contribution in [3.05, 3.63) is 0 Å². The van der Waals surface area contributed by atoms with Crippen molar-refractivity contribution in [2.24, 2.45) is 17.8 Å². The van der Waals surface area contributed by atoms with Crippen LogP contribution in [0, 0.1) is 17.8 Å². The Hall–Kier alpha value is -0.120. The van der Waals surface area contributed by atoms with Crippen molar-refractivity contribution in [3.8, 4) is 0 Å². The van der Waals surface area contributed by atoms with Gasteiger partial charge in [-0.2, -0.15) is 0 Å². The maximum Gasteiger partial charge on any atom is 0.0466 e. The molecule has 2 bridgehead atoms. The molecule has 118 valence electrons. The van der Waals surface area contributed by atoms with E-state index in [9.17, 15) is 0 Å². The highest BCUT2D eigenvalue weighted by Gasteiger charge is 2.39. The molecule has 3 heteroatoms. The van der Waals surface area contributed by atoms with E-state index in [1.807, 2.05) is 0 Å². The van der Waals surface area contributed by atoms with E-state index in [1.165, 1.54) is 51.6 Å². The van der Waals surface area contributed by atoms with E-state index in [4.69, 9.17) is 4.74 Å². The first-order chi connectivity index (χ1) is 9.79. The summed E-state index contributed by atoms with van der Waals surface area (Å²) in [5.74, 6) is 3.15. The molecule has 0 spiro atoms. The molecule has 0 aliphatic heterocycles. The molecule has 0 aromatic carbocycles. The first-order valence-corrected chi connectivity index (χ1v) is 8.76. The first kappa shape index (κ1) is 16.3. The first-order valence-electron chi connectivity index (χ1n) is 8.76. The number of rotatable bonds is 11. The normalized spacial score (nSPS) is 28.6. The lowest BCUT2D eigenvalue weighted by atomic mass is 9.88. The number of hydrogen-bond acceptors (Lipinski definition) is 3. The summed E-state index contributed by atoms with van der Waals surface area (Å²) in [7, 11) is 2.29. The Bertz CT molecular complexity index is 259. The van der Waals surface area contributed by atoms with Gasteiger partial charge in [-0.25, -0.2) is 0 Å². The van der Waals surface area contributed by atoms with Crippen LogP contribution in [0.5, 0.6) is 0 Å². The fourth-order valence-corrected chi connectivity index (χ4v) is 4.09. The second kappa shape index (κ2) is 9.01. The van der Waals surface area contributed by atoms with E-state index in [1.54, 1.807) is 0 Å². The number of hydrogen-bond donors (Lipinski definition) is 1. The molecule has 2 rings (SSSR count). The van der Waals surface area contributed by atoms with E-state index in [0.29, 0.717) is 0 Å². The quantitative estimate of drug-likeness (QED) is 0.590. The summed E-state index contributed by atoms with van der Waals surface area (Å²) in [6, 6.07) is 0. The Morgan fingerprint density at radius 1 is 1.15 bits per heavy atom. The number of fused-ring (bicyclic) bond motifs is 2. The lowest BCUT2D eigenvalue weighted by molar-refractivity contribution is 0.143. The monoisotopic (exact) mass is 282 g/mol. The molecule has 2 aliphatic rings. The molecular formula is C17H34N2O. The fourth-order valence-electron chi connectivity index (χ4n) is 4.09. The second-order valence-electron chi connectivity index (χ2n) is 6.85. The van der Waals surface area contributed by atoms with Crippen LogP contribution in [0.2, 0.25) is 0 Å². The van der Waals surface area contributed by atoms with E-state index in [2.05, 4.69) is 24.2 Å². The van der Waals surface area contributed by atoms with Crippen molar-refractivity contribution < 1.29 is 4.74 Å². The molecule has 2 aliphatic carbocycles. The minimum absolute atomic E-state index is 0.848. The van der Waals surface area contributed by atoms with E-state index >= 15 is 0 Å². The highest BCUT2D eigenvalue weighted by atomic mass is 16.5. The second-order valence-corrected chi connectivity index (χ2v) is 6.85. The van der Waals surface area contributed by atoms with Gasteiger partial charge in [-0.3, -0.25) is 0 Å². The molecule has 20 heavy (non-hydrogen) atoms. The van der Waals surface area contributed by atoms with Gasteiger partial charge in [0.1, 0.15) is 0 Å². The lowest BCUT2D eigenvalue weighted by Crippen LogP contribution is -2.34. The predicted octanol–water partition coefficient (Wildman–Crippen LogP) is 2.76. The Morgan fingerprint density at radius 3 is 2.75 bits per heavy atom. The molecule has 0 amide bonds. The molecule has 2 fully saturated rings. The third kappa shape index (κ3) is 5.34. The highest BCUT2D eigenvalue weighted by molar-refractivity contribution is 4.90. The van der Waals surface area contributed by atoms with Gasteiger partial charge in [0.15, 0.2) is 0 Å². The van der Waals surface area contributed by atoms with Gasteiger partial charge in [0.25, 0.3) is 0 Å². The van der Waals surface area contributed by atoms with Crippen LogP contribution in [-0.2, 0) is 4.74 Å². The van der Waals surface area contributed by atoms with Crippen LogP contribution < -0.4 is 5.32 Å². The molecule has 2 saturated carbocycles. The molecule has 3 nitrogen and oxygen atoms in total. The number of likely N-dealkylation sites (N-methyl/N-ethyl adjacent to an activating group) is 1. The Balaban J connectivity index is 1.42. The molecule has 3 atom stereocenters. The Kier molecular flexibility index (Phi) is 7.32. The number of nitrogens with one attached hydrogen (secondary N) is 1. The van der Waals surface area contributed by atoms with Crippen molar-refractivity contribution in [2.45, 2.75) is 45.4 Å². The molecule has 0 radical (unpaired) electrons. The number of ether oxygens (including phenoxy) is 1. The average molecular weight is 282 g/mol. The van der Waals surface area contributed by atoms with Gasteiger partial charge in [0.2, 0.25) is 0 Å². The van der Waals surface area contributed by atoms with Gasteiger partial charge < -0.3 is 15.0 Å². The van der Waals surface area contributed by atoms with Crippen LogP contribution in [0.4, 0.5) is 0 Å². The molecule has 0 aromatic rings. The minimum atomic E-state index is 0.848. The lowest BCUT2D eigenvalue weighted by Gasteiger charge is -2.27. The molecule has 1 N–H and O–H groups in total. The van der Waals surface area contributed by atoms with Gasteiger partial charge in [-0.1, -0.05) is 6.42 Å². The molecular weight excluding hydrogens is 248 g/mol. The summed E-state index contributed by atoms with van der Waals surface area (Å²) in [6.07, 6.45) is 8.50. The third-order valence-corrected chi connectivity index (χ3v) is 5.20.